The van der Waals surface area contributed by atoms with Crippen LogP contribution in [0, 0.1) is 5.92 Å². The number of esters is 1. The van der Waals surface area contributed by atoms with E-state index in [4.69, 9.17) is 4.74 Å². The van der Waals surface area contributed by atoms with Gasteiger partial charge in [-0.2, -0.15) is 0 Å². The summed E-state index contributed by atoms with van der Waals surface area (Å²) in [5.41, 5.74) is 0.494. The lowest BCUT2D eigenvalue weighted by Crippen LogP contribution is -2.14. The first kappa shape index (κ1) is 17.2. The van der Waals surface area contributed by atoms with Crippen LogP contribution in [0.4, 0.5) is 0 Å². The van der Waals surface area contributed by atoms with E-state index in [1.807, 2.05) is 0 Å². The number of hydrogen-bond acceptors (Lipinski definition) is 2. The van der Waals surface area contributed by atoms with Crippen molar-refractivity contribution >= 4 is 5.97 Å². The van der Waals surface area contributed by atoms with Gasteiger partial charge in [0.05, 0.1) is 6.61 Å². The van der Waals surface area contributed by atoms with Gasteiger partial charge >= 0.3 is 5.97 Å². The summed E-state index contributed by atoms with van der Waals surface area (Å²) >= 11 is 0. The molecule has 0 heterocycles. The zero-order valence-corrected chi connectivity index (χ0v) is 12.5. The Morgan fingerprint density at radius 2 is 1.72 bits per heavy atom. The van der Waals surface area contributed by atoms with E-state index in [2.05, 4.69) is 20.4 Å². The molecular formula is C16H30O2. The molecule has 0 aliphatic heterocycles. The Labute approximate surface area is 113 Å². The van der Waals surface area contributed by atoms with Crippen molar-refractivity contribution in [1.82, 2.24) is 0 Å². The zero-order valence-electron chi connectivity index (χ0n) is 12.5. The van der Waals surface area contributed by atoms with Gasteiger partial charge in [0.1, 0.15) is 0 Å². The first-order chi connectivity index (χ1) is 8.61. The van der Waals surface area contributed by atoms with E-state index in [-0.39, 0.29) is 5.97 Å². The third-order valence-electron chi connectivity index (χ3n) is 3.21. The lowest BCUT2D eigenvalue weighted by molar-refractivity contribution is -0.140. The van der Waals surface area contributed by atoms with Crippen LogP contribution in [0.2, 0.25) is 0 Å². The van der Waals surface area contributed by atoms with Gasteiger partial charge in [0, 0.05) is 5.57 Å². The summed E-state index contributed by atoms with van der Waals surface area (Å²) in [7, 11) is 0. The first-order valence-corrected chi connectivity index (χ1v) is 7.44. The van der Waals surface area contributed by atoms with Crippen molar-refractivity contribution in [1.29, 1.82) is 0 Å². The maximum Gasteiger partial charge on any atom is 0.333 e. The van der Waals surface area contributed by atoms with Gasteiger partial charge in [-0.25, -0.2) is 4.79 Å². The molecular weight excluding hydrogens is 224 g/mol. The summed E-state index contributed by atoms with van der Waals surface area (Å²) in [6, 6.07) is 0. The fraction of sp³-hybridized carbons (Fsp3) is 0.812. The molecule has 0 aromatic rings. The second kappa shape index (κ2) is 11.3. The molecule has 0 aliphatic rings. The average Bonchev–Trinajstić information content (AvgIpc) is 2.34. The molecule has 18 heavy (non-hydrogen) atoms. The molecule has 0 amide bonds. The molecule has 0 aromatic heterocycles. The van der Waals surface area contributed by atoms with Gasteiger partial charge < -0.3 is 4.74 Å². The second-order valence-corrected chi connectivity index (χ2v) is 5.24. The minimum atomic E-state index is -0.248. The number of carbonyl (C=O) groups excluding carboxylic acids is 1. The normalized spacial score (nSPS) is 12.2. The number of unbranched alkanes of at least 4 members (excludes halogenated alkanes) is 4. The Balaban J connectivity index is 3.77. The molecule has 106 valence electrons. The molecule has 0 N–H and O–H groups in total. The third-order valence-corrected chi connectivity index (χ3v) is 3.21. The number of ether oxygens (including phenoxy) is 1. The highest BCUT2D eigenvalue weighted by molar-refractivity contribution is 5.86. The van der Waals surface area contributed by atoms with Crippen LogP contribution in [0.1, 0.15) is 72.1 Å². The maximum atomic E-state index is 11.3. The lowest BCUT2D eigenvalue weighted by atomic mass is 9.97. The highest BCUT2D eigenvalue weighted by Gasteiger charge is 2.11. The zero-order chi connectivity index (χ0) is 13.8. The molecule has 1 unspecified atom stereocenters. The van der Waals surface area contributed by atoms with E-state index in [1.54, 1.807) is 6.92 Å². The third kappa shape index (κ3) is 9.26. The summed E-state index contributed by atoms with van der Waals surface area (Å²) in [5, 5.41) is 0. The molecule has 1 atom stereocenters. The van der Waals surface area contributed by atoms with Crippen LogP contribution in [0.5, 0.6) is 0 Å². The molecule has 0 fully saturated rings. The predicted molar refractivity (Wildman–Crippen MR) is 77.5 cm³/mol. The molecule has 0 radical (unpaired) electrons. The van der Waals surface area contributed by atoms with Crippen molar-refractivity contribution in [3.8, 4) is 0 Å². The fourth-order valence-corrected chi connectivity index (χ4v) is 2.07. The molecule has 0 bridgehead atoms. The lowest BCUT2D eigenvalue weighted by Gasteiger charge is -2.16. The quantitative estimate of drug-likeness (QED) is 0.298. The van der Waals surface area contributed by atoms with Crippen molar-refractivity contribution < 1.29 is 9.53 Å². The Morgan fingerprint density at radius 3 is 2.28 bits per heavy atom. The van der Waals surface area contributed by atoms with Crippen LogP contribution in [0.25, 0.3) is 0 Å². The van der Waals surface area contributed by atoms with Crippen molar-refractivity contribution in [2.24, 2.45) is 5.92 Å². The van der Waals surface area contributed by atoms with Gasteiger partial charge in [0.15, 0.2) is 0 Å². The topological polar surface area (TPSA) is 26.3 Å². The van der Waals surface area contributed by atoms with E-state index in [1.165, 1.54) is 38.5 Å². The minimum Gasteiger partial charge on any atom is -0.462 e. The molecule has 2 heteroatoms. The van der Waals surface area contributed by atoms with Crippen molar-refractivity contribution in [2.75, 3.05) is 6.61 Å². The van der Waals surface area contributed by atoms with Crippen molar-refractivity contribution in [2.45, 2.75) is 72.1 Å². The van der Waals surface area contributed by atoms with Crippen LogP contribution in [-0.2, 0) is 9.53 Å². The Morgan fingerprint density at radius 1 is 1.06 bits per heavy atom. The molecule has 2 nitrogen and oxygen atoms in total. The van der Waals surface area contributed by atoms with Crippen molar-refractivity contribution in [3.05, 3.63) is 12.2 Å². The fourth-order valence-electron chi connectivity index (χ4n) is 2.07. The summed E-state index contributed by atoms with van der Waals surface area (Å²) < 4.78 is 5.26. The molecule has 0 spiro atoms. The Kier molecular flexibility index (Phi) is 10.8. The highest BCUT2D eigenvalue weighted by atomic mass is 16.5. The number of hydrogen-bond donors (Lipinski definition) is 0. The Hall–Kier alpha value is -0.790. The average molecular weight is 254 g/mol. The largest absolute Gasteiger partial charge is 0.462 e. The van der Waals surface area contributed by atoms with E-state index in [0.29, 0.717) is 18.1 Å². The number of rotatable bonds is 11. The second-order valence-electron chi connectivity index (χ2n) is 5.24. The maximum absolute atomic E-state index is 11.3. The highest BCUT2D eigenvalue weighted by Crippen LogP contribution is 2.17. The summed E-state index contributed by atoms with van der Waals surface area (Å²) in [5.74, 6) is 0.280. The van der Waals surface area contributed by atoms with Crippen LogP contribution < -0.4 is 0 Å². The van der Waals surface area contributed by atoms with E-state index in [0.717, 1.165) is 12.8 Å². The SMILES string of the molecule is C=C(C)C(=O)OCC(CCC)CCCCCCC. The Bertz CT molecular complexity index is 233. The van der Waals surface area contributed by atoms with Crippen LogP contribution >= 0.6 is 0 Å². The smallest absolute Gasteiger partial charge is 0.333 e. The van der Waals surface area contributed by atoms with Crippen LogP contribution in [0.15, 0.2) is 12.2 Å². The number of carbonyl (C=O) groups is 1. The van der Waals surface area contributed by atoms with Gasteiger partial charge in [0.25, 0.3) is 0 Å². The summed E-state index contributed by atoms with van der Waals surface area (Å²) in [4.78, 5) is 11.3. The van der Waals surface area contributed by atoms with E-state index < -0.39 is 0 Å². The minimum absolute atomic E-state index is 0.248. The van der Waals surface area contributed by atoms with Gasteiger partial charge in [-0.15, -0.1) is 0 Å². The van der Waals surface area contributed by atoms with Gasteiger partial charge in [-0.05, 0) is 25.7 Å². The predicted octanol–water partition coefficient (Wildman–Crippen LogP) is 4.88. The molecule has 0 aliphatic carbocycles. The van der Waals surface area contributed by atoms with Crippen molar-refractivity contribution in [3.63, 3.8) is 0 Å². The van der Waals surface area contributed by atoms with E-state index in [9.17, 15) is 4.79 Å². The standard InChI is InChI=1S/C16H30O2/c1-5-7-8-9-10-12-15(11-6-2)13-18-16(17)14(3)4/h15H,3,5-13H2,1-2,4H3. The summed E-state index contributed by atoms with van der Waals surface area (Å²) in [6.07, 6.45) is 10.0. The monoisotopic (exact) mass is 254 g/mol. The molecule has 0 saturated carbocycles. The molecule has 0 saturated heterocycles. The molecule has 0 rings (SSSR count). The van der Waals surface area contributed by atoms with Crippen LogP contribution in [0.3, 0.4) is 0 Å². The van der Waals surface area contributed by atoms with Crippen LogP contribution in [-0.4, -0.2) is 12.6 Å². The van der Waals surface area contributed by atoms with Gasteiger partial charge in [-0.1, -0.05) is 59.0 Å². The first-order valence-electron chi connectivity index (χ1n) is 7.44. The summed E-state index contributed by atoms with van der Waals surface area (Å²) in [6.45, 7) is 10.3. The van der Waals surface area contributed by atoms with Gasteiger partial charge in [0.2, 0.25) is 0 Å². The van der Waals surface area contributed by atoms with E-state index >= 15 is 0 Å². The van der Waals surface area contributed by atoms with Gasteiger partial charge in [-0.3, -0.25) is 0 Å². The molecule has 0 aromatic carbocycles.